The predicted molar refractivity (Wildman–Crippen MR) is 82.4 cm³/mol. The van der Waals surface area contributed by atoms with E-state index < -0.39 is 13.3 Å². The number of benzene rings is 1. The van der Waals surface area contributed by atoms with E-state index in [0.717, 1.165) is 16.4 Å². The summed E-state index contributed by atoms with van der Waals surface area (Å²) in [5, 5.41) is 15.0. The molecule has 2 heterocycles. The molecule has 1 saturated heterocycles. The molecule has 21 heavy (non-hydrogen) atoms. The van der Waals surface area contributed by atoms with Gasteiger partial charge in [-0.15, -0.1) is 0 Å². The minimum absolute atomic E-state index is 0.375. The van der Waals surface area contributed by atoms with Gasteiger partial charge in [-0.2, -0.15) is 5.10 Å². The number of hydrogen-bond donors (Lipinski definition) is 1. The predicted octanol–water partition coefficient (Wildman–Crippen LogP) is 1.85. The van der Waals surface area contributed by atoms with Crippen molar-refractivity contribution in [1.29, 1.82) is 0 Å². The third kappa shape index (κ3) is 2.18. The minimum Gasteiger partial charge on any atom is -0.399 e. The normalized spacial score (nSPS) is 21.9. The Morgan fingerprint density at radius 3 is 2.38 bits per heavy atom. The summed E-state index contributed by atoms with van der Waals surface area (Å²) in [7, 11) is -0.426. The van der Waals surface area contributed by atoms with Crippen molar-refractivity contribution in [3.05, 3.63) is 24.4 Å². The topological polar surface area (TPSA) is 56.5 Å². The van der Waals surface area contributed by atoms with Crippen LogP contribution in [-0.4, -0.2) is 33.2 Å². The highest BCUT2D eigenvalue weighted by molar-refractivity contribution is 6.65. The zero-order valence-electron chi connectivity index (χ0n) is 13.1. The molecule has 6 heteroatoms. The van der Waals surface area contributed by atoms with Crippen LogP contribution >= 0.6 is 0 Å². The quantitative estimate of drug-likeness (QED) is 0.857. The fourth-order valence-electron chi connectivity index (χ4n) is 2.57. The molecular weight excluding hydrogens is 267 g/mol. The van der Waals surface area contributed by atoms with Gasteiger partial charge in [0.25, 0.3) is 0 Å². The molecule has 0 saturated carbocycles. The molecule has 1 aromatic heterocycles. The van der Waals surface area contributed by atoms with E-state index >= 15 is 0 Å². The third-order valence-electron chi connectivity index (χ3n) is 4.54. The Hall–Kier alpha value is -1.37. The molecule has 1 aliphatic heterocycles. The first-order valence-electron chi connectivity index (χ1n) is 7.23. The summed E-state index contributed by atoms with van der Waals surface area (Å²) in [4.78, 5) is 0. The molecule has 1 atom stereocenters. The Morgan fingerprint density at radius 2 is 1.81 bits per heavy atom. The van der Waals surface area contributed by atoms with Crippen LogP contribution in [0.3, 0.4) is 0 Å². The number of aliphatic hydroxyl groups is 1. The summed E-state index contributed by atoms with van der Waals surface area (Å²) in [6, 6.07) is 5.85. The Morgan fingerprint density at radius 1 is 1.19 bits per heavy atom. The first-order valence-corrected chi connectivity index (χ1v) is 7.23. The number of nitrogens with zero attached hydrogens (tertiary/aromatic N) is 2. The van der Waals surface area contributed by atoms with Gasteiger partial charge in [-0.25, -0.2) is 4.68 Å². The molecule has 0 amide bonds. The average Bonchev–Trinajstić information content (AvgIpc) is 2.88. The maximum absolute atomic E-state index is 9.77. The first-order chi connectivity index (χ1) is 9.73. The van der Waals surface area contributed by atoms with Crippen molar-refractivity contribution in [2.45, 2.75) is 52.0 Å². The molecule has 5 nitrogen and oxygen atoms in total. The number of hydrogen-bond acceptors (Lipinski definition) is 4. The van der Waals surface area contributed by atoms with Crippen LogP contribution in [0.5, 0.6) is 0 Å². The Labute approximate surface area is 125 Å². The highest BCUT2D eigenvalue weighted by Gasteiger charge is 2.52. The van der Waals surface area contributed by atoms with Crippen LogP contribution in [0.2, 0.25) is 0 Å². The highest BCUT2D eigenvalue weighted by Crippen LogP contribution is 2.37. The first kappa shape index (κ1) is 14.6. The molecular formula is C15H21BN2O3. The van der Waals surface area contributed by atoms with E-state index in [9.17, 15) is 5.11 Å². The van der Waals surface area contributed by atoms with Gasteiger partial charge in [0, 0.05) is 5.39 Å². The van der Waals surface area contributed by atoms with Gasteiger partial charge in [0.2, 0.25) is 0 Å². The zero-order chi connectivity index (χ0) is 15.4. The molecule has 0 bridgehead atoms. The van der Waals surface area contributed by atoms with E-state index in [-0.39, 0.29) is 11.2 Å². The lowest BCUT2D eigenvalue weighted by Crippen LogP contribution is -2.41. The summed E-state index contributed by atoms with van der Waals surface area (Å²) in [6.45, 7) is 9.82. The van der Waals surface area contributed by atoms with E-state index in [4.69, 9.17) is 9.31 Å². The fraction of sp³-hybridized carbons (Fsp3) is 0.533. The maximum atomic E-state index is 9.77. The largest absolute Gasteiger partial charge is 0.495 e. The van der Waals surface area contributed by atoms with Gasteiger partial charge >= 0.3 is 7.12 Å². The molecule has 1 fully saturated rings. The Kier molecular flexibility index (Phi) is 3.17. The van der Waals surface area contributed by atoms with Crippen LogP contribution in [0.4, 0.5) is 0 Å². The van der Waals surface area contributed by atoms with Crippen molar-refractivity contribution in [3.63, 3.8) is 0 Å². The van der Waals surface area contributed by atoms with E-state index in [1.54, 1.807) is 17.8 Å². The van der Waals surface area contributed by atoms with E-state index in [0.29, 0.717) is 0 Å². The van der Waals surface area contributed by atoms with Crippen molar-refractivity contribution in [1.82, 2.24) is 9.78 Å². The van der Waals surface area contributed by atoms with Crippen LogP contribution < -0.4 is 5.46 Å². The molecule has 1 N–H and O–H groups in total. The second-order valence-electron chi connectivity index (χ2n) is 6.59. The second kappa shape index (κ2) is 4.56. The molecule has 0 aliphatic carbocycles. The summed E-state index contributed by atoms with van der Waals surface area (Å²) in [6.07, 6.45) is 1.08. The minimum atomic E-state index is -0.670. The van der Waals surface area contributed by atoms with Crippen molar-refractivity contribution in [3.8, 4) is 0 Å². The van der Waals surface area contributed by atoms with Crippen LogP contribution in [0.25, 0.3) is 10.9 Å². The third-order valence-corrected chi connectivity index (χ3v) is 4.54. The lowest BCUT2D eigenvalue weighted by atomic mass is 9.77. The van der Waals surface area contributed by atoms with Gasteiger partial charge in [0.15, 0.2) is 0 Å². The van der Waals surface area contributed by atoms with Gasteiger partial charge in [-0.05, 0) is 46.1 Å². The number of aliphatic hydroxyl groups excluding tert-OH is 1. The number of fused-ring (bicyclic) bond motifs is 1. The van der Waals surface area contributed by atoms with Gasteiger partial charge in [-0.3, -0.25) is 0 Å². The lowest BCUT2D eigenvalue weighted by Gasteiger charge is -2.32. The SMILES string of the molecule is CC(O)n1ncc2c(B3OC(C)(C)C(C)(C)O3)cccc21. The fourth-order valence-corrected chi connectivity index (χ4v) is 2.57. The van der Waals surface area contributed by atoms with Crippen molar-refractivity contribution in [2.75, 3.05) is 0 Å². The monoisotopic (exact) mass is 288 g/mol. The van der Waals surface area contributed by atoms with Gasteiger partial charge in [-0.1, -0.05) is 12.1 Å². The molecule has 1 aliphatic rings. The lowest BCUT2D eigenvalue weighted by molar-refractivity contribution is 0.00578. The van der Waals surface area contributed by atoms with E-state index in [2.05, 4.69) is 5.10 Å². The molecule has 3 rings (SSSR count). The summed E-state index contributed by atoms with van der Waals surface area (Å²) < 4.78 is 13.8. The average molecular weight is 288 g/mol. The molecule has 2 aromatic rings. The summed E-state index contributed by atoms with van der Waals surface area (Å²) >= 11 is 0. The zero-order valence-corrected chi connectivity index (χ0v) is 13.1. The molecule has 1 unspecified atom stereocenters. The summed E-state index contributed by atoms with van der Waals surface area (Å²) in [5.74, 6) is 0. The number of rotatable bonds is 2. The second-order valence-corrected chi connectivity index (χ2v) is 6.59. The van der Waals surface area contributed by atoms with Crippen molar-refractivity contribution in [2.24, 2.45) is 0 Å². The van der Waals surface area contributed by atoms with Crippen LogP contribution in [0.1, 0.15) is 40.8 Å². The van der Waals surface area contributed by atoms with Crippen molar-refractivity contribution < 1.29 is 14.4 Å². The Balaban J connectivity index is 2.07. The van der Waals surface area contributed by atoms with Gasteiger partial charge in [0.1, 0.15) is 6.23 Å². The van der Waals surface area contributed by atoms with Crippen LogP contribution in [-0.2, 0) is 9.31 Å². The number of aromatic nitrogens is 2. The standard InChI is InChI=1S/C15H21BN2O3/c1-10(19)18-13-8-6-7-12(11(13)9-17-18)16-20-14(2,3)15(4,5)21-16/h6-10,19H,1-5H3. The van der Waals surface area contributed by atoms with E-state index in [1.807, 2.05) is 45.9 Å². The van der Waals surface area contributed by atoms with E-state index in [1.165, 1.54) is 0 Å². The van der Waals surface area contributed by atoms with Crippen molar-refractivity contribution >= 4 is 23.5 Å². The smallest absolute Gasteiger partial charge is 0.399 e. The molecule has 112 valence electrons. The van der Waals surface area contributed by atoms with Crippen LogP contribution in [0.15, 0.2) is 24.4 Å². The van der Waals surface area contributed by atoms with Gasteiger partial charge < -0.3 is 14.4 Å². The summed E-state index contributed by atoms with van der Waals surface area (Å²) in [5.41, 5.74) is 1.07. The van der Waals surface area contributed by atoms with Crippen LogP contribution in [0, 0.1) is 0 Å². The molecule has 0 spiro atoms. The Bertz CT molecular complexity index is 663. The maximum Gasteiger partial charge on any atom is 0.495 e. The molecule has 1 aromatic carbocycles. The highest BCUT2D eigenvalue weighted by atomic mass is 16.7. The molecule has 0 radical (unpaired) electrons. The van der Waals surface area contributed by atoms with Gasteiger partial charge in [0.05, 0.1) is 22.9 Å².